The highest BCUT2D eigenvalue weighted by Crippen LogP contribution is 2.32. The normalized spacial score (nSPS) is 14.9. The van der Waals surface area contributed by atoms with E-state index in [2.05, 4.69) is 6.58 Å². The maximum absolute atomic E-state index is 12.5. The monoisotopic (exact) mass is 277 g/mol. The van der Waals surface area contributed by atoms with Crippen LogP contribution in [-0.2, 0) is 11.2 Å². The molecule has 1 aliphatic rings. The molecule has 1 N–H and O–H groups in total. The molecule has 0 atom stereocenters. The van der Waals surface area contributed by atoms with Crippen LogP contribution in [0.5, 0.6) is 11.5 Å². The molecule has 1 fully saturated rings. The number of amides is 1. The lowest BCUT2D eigenvalue weighted by Crippen LogP contribution is -2.40. The third-order valence-corrected chi connectivity index (χ3v) is 3.26. The second-order valence-corrected chi connectivity index (χ2v) is 4.59. The van der Waals surface area contributed by atoms with E-state index in [1.165, 1.54) is 7.11 Å². The second kappa shape index (κ2) is 6.43. The van der Waals surface area contributed by atoms with Crippen molar-refractivity contribution in [1.82, 2.24) is 4.90 Å². The van der Waals surface area contributed by atoms with Gasteiger partial charge in [0.05, 0.1) is 25.9 Å². The molecule has 0 bridgehead atoms. The number of nitrogens with zero attached hydrogens (tertiary/aromatic N) is 1. The van der Waals surface area contributed by atoms with Gasteiger partial charge in [0.1, 0.15) is 0 Å². The van der Waals surface area contributed by atoms with Gasteiger partial charge >= 0.3 is 0 Å². The van der Waals surface area contributed by atoms with Crippen LogP contribution in [0.3, 0.4) is 0 Å². The largest absolute Gasteiger partial charge is 0.504 e. The first-order valence-electron chi connectivity index (χ1n) is 6.55. The summed E-state index contributed by atoms with van der Waals surface area (Å²) >= 11 is 0. The van der Waals surface area contributed by atoms with Gasteiger partial charge in [0.15, 0.2) is 11.5 Å². The number of aromatic hydroxyl groups is 1. The summed E-state index contributed by atoms with van der Waals surface area (Å²) in [7, 11) is 1.47. The van der Waals surface area contributed by atoms with E-state index in [4.69, 9.17) is 9.47 Å². The van der Waals surface area contributed by atoms with Crippen molar-refractivity contribution in [3.63, 3.8) is 0 Å². The number of rotatable bonds is 4. The molecular formula is C15H19NO4. The molecule has 1 saturated heterocycles. The Morgan fingerprint density at radius 3 is 2.80 bits per heavy atom. The maximum atomic E-state index is 12.5. The molecule has 0 unspecified atom stereocenters. The van der Waals surface area contributed by atoms with Gasteiger partial charge in [-0.2, -0.15) is 0 Å². The molecule has 1 heterocycles. The molecule has 108 valence electrons. The van der Waals surface area contributed by atoms with E-state index in [1.54, 1.807) is 23.1 Å². The van der Waals surface area contributed by atoms with Gasteiger partial charge in [0, 0.05) is 13.1 Å². The van der Waals surface area contributed by atoms with Gasteiger partial charge in [-0.1, -0.05) is 6.08 Å². The Balaban J connectivity index is 2.35. The molecule has 1 amide bonds. The van der Waals surface area contributed by atoms with Gasteiger partial charge in [-0.25, -0.2) is 0 Å². The zero-order chi connectivity index (χ0) is 14.5. The highest BCUT2D eigenvalue weighted by atomic mass is 16.5. The molecule has 0 aromatic heterocycles. The summed E-state index contributed by atoms with van der Waals surface area (Å²) in [5, 5.41) is 10.2. The first-order chi connectivity index (χ1) is 9.67. The SMILES string of the molecule is C=CCc1cc(OC)c(O)c(C(=O)N2CCOCC2)c1. The van der Waals surface area contributed by atoms with Crippen LogP contribution in [0.4, 0.5) is 0 Å². The number of methoxy groups -OCH3 is 1. The molecule has 0 radical (unpaired) electrons. The molecule has 5 nitrogen and oxygen atoms in total. The zero-order valence-electron chi connectivity index (χ0n) is 11.6. The van der Waals surface area contributed by atoms with E-state index in [9.17, 15) is 9.90 Å². The molecule has 1 aliphatic heterocycles. The fourth-order valence-corrected chi connectivity index (χ4v) is 2.20. The van der Waals surface area contributed by atoms with E-state index in [0.29, 0.717) is 38.5 Å². The minimum absolute atomic E-state index is 0.114. The van der Waals surface area contributed by atoms with E-state index >= 15 is 0 Å². The third kappa shape index (κ3) is 2.93. The van der Waals surface area contributed by atoms with Crippen molar-refractivity contribution < 1.29 is 19.4 Å². The molecule has 1 aromatic carbocycles. The van der Waals surface area contributed by atoms with Crippen molar-refractivity contribution in [2.75, 3.05) is 33.4 Å². The van der Waals surface area contributed by atoms with E-state index < -0.39 is 0 Å². The topological polar surface area (TPSA) is 59.0 Å². The maximum Gasteiger partial charge on any atom is 0.257 e. The Morgan fingerprint density at radius 1 is 1.50 bits per heavy atom. The number of benzene rings is 1. The van der Waals surface area contributed by atoms with Crippen LogP contribution in [0.25, 0.3) is 0 Å². The summed E-state index contributed by atoms with van der Waals surface area (Å²) in [6.07, 6.45) is 2.36. The molecule has 2 rings (SSSR count). The average Bonchev–Trinajstić information content (AvgIpc) is 2.49. The lowest BCUT2D eigenvalue weighted by molar-refractivity contribution is 0.0300. The lowest BCUT2D eigenvalue weighted by atomic mass is 10.0. The zero-order valence-corrected chi connectivity index (χ0v) is 11.6. The number of hydrogen-bond acceptors (Lipinski definition) is 4. The number of ether oxygens (including phenoxy) is 2. The van der Waals surface area contributed by atoms with Crippen molar-refractivity contribution >= 4 is 5.91 Å². The summed E-state index contributed by atoms with van der Waals surface area (Å²) in [6.45, 7) is 5.80. The Bertz CT molecular complexity index is 507. The van der Waals surface area contributed by atoms with Crippen LogP contribution < -0.4 is 4.74 Å². The Kier molecular flexibility index (Phi) is 4.63. The first-order valence-corrected chi connectivity index (χ1v) is 6.55. The molecule has 0 saturated carbocycles. The smallest absolute Gasteiger partial charge is 0.257 e. The fraction of sp³-hybridized carbons (Fsp3) is 0.400. The van der Waals surface area contributed by atoms with Gasteiger partial charge in [-0.3, -0.25) is 4.79 Å². The first kappa shape index (κ1) is 14.4. The Labute approximate surface area is 118 Å². The number of allylic oxidation sites excluding steroid dienone is 1. The summed E-state index contributed by atoms with van der Waals surface area (Å²) < 4.78 is 10.4. The van der Waals surface area contributed by atoms with Crippen LogP contribution in [0.1, 0.15) is 15.9 Å². The Morgan fingerprint density at radius 2 is 2.20 bits per heavy atom. The van der Waals surface area contributed by atoms with Crippen molar-refractivity contribution in [2.45, 2.75) is 6.42 Å². The minimum atomic E-state index is -0.199. The van der Waals surface area contributed by atoms with Gasteiger partial charge < -0.3 is 19.5 Å². The lowest BCUT2D eigenvalue weighted by Gasteiger charge is -2.27. The predicted octanol–water partition coefficient (Wildman–Crippen LogP) is 1.60. The van der Waals surface area contributed by atoms with E-state index in [1.807, 2.05) is 0 Å². The Hall–Kier alpha value is -2.01. The predicted molar refractivity (Wildman–Crippen MR) is 75.3 cm³/mol. The van der Waals surface area contributed by atoms with Gasteiger partial charge in [-0.15, -0.1) is 6.58 Å². The summed E-state index contributed by atoms with van der Waals surface area (Å²) in [5.74, 6) is -0.00669. The fourth-order valence-electron chi connectivity index (χ4n) is 2.20. The number of phenolic OH excluding ortho intramolecular Hbond substituents is 1. The molecule has 0 aliphatic carbocycles. The number of carbonyl (C=O) groups is 1. The standard InChI is InChI=1S/C15H19NO4/c1-3-4-11-9-12(14(17)13(10-11)19-2)15(18)16-5-7-20-8-6-16/h3,9-10,17H,1,4-8H2,2H3. The van der Waals surface area contributed by atoms with Gasteiger partial charge in [0.2, 0.25) is 0 Å². The molecular weight excluding hydrogens is 258 g/mol. The summed E-state index contributed by atoms with van der Waals surface area (Å²) in [6, 6.07) is 3.41. The van der Waals surface area contributed by atoms with Crippen molar-refractivity contribution in [3.8, 4) is 11.5 Å². The van der Waals surface area contributed by atoms with Gasteiger partial charge in [0.25, 0.3) is 5.91 Å². The van der Waals surface area contributed by atoms with Crippen molar-refractivity contribution in [1.29, 1.82) is 0 Å². The molecule has 1 aromatic rings. The van der Waals surface area contributed by atoms with Crippen molar-refractivity contribution in [3.05, 3.63) is 35.9 Å². The van der Waals surface area contributed by atoms with Gasteiger partial charge in [-0.05, 0) is 24.1 Å². The molecule has 5 heteroatoms. The molecule has 20 heavy (non-hydrogen) atoms. The highest BCUT2D eigenvalue weighted by molar-refractivity contribution is 5.98. The van der Waals surface area contributed by atoms with E-state index in [0.717, 1.165) is 5.56 Å². The van der Waals surface area contributed by atoms with Crippen LogP contribution >= 0.6 is 0 Å². The average molecular weight is 277 g/mol. The number of phenols is 1. The highest BCUT2D eigenvalue weighted by Gasteiger charge is 2.23. The third-order valence-electron chi connectivity index (χ3n) is 3.26. The quantitative estimate of drug-likeness (QED) is 0.849. The molecule has 0 spiro atoms. The van der Waals surface area contributed by atoms with Crippen LogP contribution in [0.2, 0.25) is 0 Å². The summed E-state index contributed by atoms with van der Waals surface area (Å²) in [4.78, 5) is 14.2. The summed E-state index contributed by atoms with van der Waals surface area (Å²) in [5.41, 5.74) is 1.15. The minimum Gasteiger partial charge on any atom is -0.504 e. The van der Waals surface area contributed by atoms with Crippen LogP contribution in [0.15, 0.2) is 24.8 Å². The number of hydrogen-bond donors (Lipinski definition) is 1. The second-order valence-electron chi connectivity index (χ2n) is 4.59. The van der Waals surface area contributed by atoms with Crippen LogP contribution in [-0.4, -0.2) is 49.3 Å². The van der Waals surface area contributed by atoms with E-state index in [-0.39, 0.29) is 17.2 Å². The number of carbonyl (C=O) groups excluding carboxylic acids is 1. The van der Waals surface area contributed by atoms with Crippen molar-refractivity contribution in [2.24, 2.45) is 0 Å². The van der Waals surface area contributed by atoms with Crippen LogP contribution in [0, 0.1) is 0 Å². The number of morpholine rings is 1.